The number of hydrogen-bond donors (Lipinski definition) is 0. The molecule has 15 heavy (non-hydrogen) atoms. The van der Waals surface area contributed by atoms with Gasteiger partial charge in [0, 0.05) is 0 Å². The van der Waals surface area contributed by atoms with Crippen LogP contribution in [0.4, 0.5) is 4.39 Å². The van der Waals surface area contributed by atoms with Gasteiger partial charge in [-0.2, -0.15) is 4.39 Å². The molecular weight excluding hydrogens is 195 g/mol. The molecule has 0 bridgehead atoms. The maximum Gasteiger partial charge on any atom is 0.366 e. The summed E-state index contributed by atoms with van der Waals surface area (Å²) in [7, 11) is 0. The predicted molar refractivity (Wildman–Crippen MR) is 59.2 cm³/mol. The van der Waals surface area contributed by atoms with E-state index in [0.29, 0.717) is 6.61 Å². The van der Waals surface area contributed by atoms with Crippen molar-refractivity contribution in [3.05, 3.63) is 12.4 Å². The molecule has 0 spiro atoms. The van der Waals surface area contributed by atoms with Crippen LogP contribution < -0.4 is 0 Å². The van der Waals surface area contributed by atoms with Crippen LogP contribution in [-0.4, -0.2) is 12.6 Å². The Kier molecular flexibility index (Phi) is 9.13. The van der Waals surface area contributed by atoms with E-state index in [-0.39, 0.29) is 0 Å². The number of halogens is 1. The summed E-state index contributed by atoms with van der Waals surface area (Å²) < 4.78 is 16.8. The molecule has 0 rings (SSSR count). The van der Waals surface area contributed by atoms with Crippen LogP contribution in [0, 0.1) is 0 Å². The van der Waals surface area contributed by atoms with Gasteiger partial charge in [-0.3, -0.25) is 0 Å². The van der Waals surface area contributed by atoms with Crippen molar-refractivity contribution in [3.63, 3.8) is 0 Å². The molecule has 0 radical (unpaired) electrons. The highest BCUT2D eigenvalue weighted by atomic mass is 19.1. The molecule has 88 valence electrons. The normalized spacial score (nSPS) is 10.0. The molecule has 0 aromatic carbocycles. The first-order valence-electron chi connectivity index (χ1n) is 5.70. The minimum Gasteiger partial charge on any atom is -0.460 e. The molecule has 0 aliphatic rings. The molecule has 0 aromatic rings. The van der Waals surface area contributed by atoms with Gasteiger partial charge in [0.05, 0.1) is 6.61 Å². The van der Waals surface area contributed by atoms with Gasteiger partial charge >= 0.3 is 5.97 Å². The van der Waals surface area contributed by atoms with Crippen molar-refractivity contribution in [2.24, 2.45) is 0 Å². The number of unbranched alkanes of at least 4 members (excludes halogenated alkanes) is 6. The van der Waals surface area contributed by atoms with Gasteiger partial charge in [0.2, 0.25) is 5.83 Å². The zero-order valence-corrected chi connectivity index (χ0v) is 9.56. The summed E-state index contributed by atoms with van der Waals surface area (Å²) in [4.78, 5) is 10.6. The number of rotatable bonds is 9. The van der Waals surface area contributed by atoms with Crippen molar-refractivity contribution in [1.29, 1.82) is 0 Å². The molecule has 0 saturated heterocycles. The Morgan fingerprint density at radius 3 is 2.20 bits per heavy atom. The monoisotopic (exact) mass is 216 g/mol. The van der Waals surface area contributed by atoms with Gasteiger partial charge in [0.15, 0.2) is 0 Å². The zero-order chi connectivity index (χ0) is 11.5. The first-order valence-corrected chi connectivity index (χ1v) is 5.70. The summed E-state index contributed by atoms with van der Waals surface area (Å²) in [6.45, 7) is 5.35. The van der Waals surface area contributed by atoms with Crippen LogP contribution in [0.1, 0.15) is 51.9 Å². The van der Waals surface area contributed by atoms with Crippen LogP contribution in [0.3, 0.4) is 0 Å². The second kappa shape index (κ2) is 9.69. The Balaban J connectivity index is 3.11. The quantitative estimate of drug-likeness (QED) is 0.333. The Morgan fingerprint density at radius 2 is 1.67 bits per heavy atom. The molecule has 2 nitrogen and oxygen atoms in total. The summed E-state index contributed by atoms with van der Waals surface area (Å²) in [6, 6.07) is 0. The fraction of sp³-hybridized carbons (Fsp3) is 0.750. The van der Waals surface area contributed by atoms with E-state index in [9.17, 15) is 9.18 Å². The molecule has 0 saturated carbocycles. The highest BCUT2D eigenvalue weighted by Gasteiger charge is 2.05. The van der Waals surface area contributed by atoms with Crippen LogP contribution >= 0.6 is 0 Å². The van der Waals surface area contributed by atoms with Crippen molar-refractivity contribution in [2.75, 3.05) is 6.61 Å². The van der Waals surface area contributed by atoms with Crippen molar-refractivity contribution in [2.45, 2.75) is 51.9 Å². The molecule has 0 N–H and O–H groups in total. The smallest absolute Gasteiger partial charge is 0.366 e. The lowest BCUT2D eigenvalue weighted by Crippen LogP contribution is -2.05. The fourth-order valence-corrected chi connectivity index (χ4v) is 1.30. The topological polar surface area (TPSA) is 26.3 Å². The van der Waals surface area contributed by atoms with E-state index in [0.717, 1.165) is 19.3 Å². The van der Waals surface area contributed by atoms with E-state index in [1.807, 2.05) is 0 Å². The second-order valence-electron chi connectivity index (χ2n) is 3.66. The van der Waals surface area contributed by atoms with E-state index >= 15 is 0 Å². The highest BCUT2D eigenvalue weighted by Crippen LogP contribution is 2.07. The van der Waals surface area contributed by atoms with Crippen LogP contribution in [-0.2, 0) is 9.53 Å². The van der Waals surface area contributed by atoms with Crippen molar-refractivity contribution >= 4 is 5.97 Å². The summed E-state index contributed by atoms with van der Waals surface area (Å²) in [6.07, 6.45) is 8.05. The molecule has 0 heterocycles. The summed E-state index contributed by atoms with van der Waals surface area (Å²) in [5.74, 6) is -1.95. The first kappa shape index (κ1) is 14.1. The number of carbonyl (C=O) groups is 1. The summed E-state index contributed by atoms with van der Waals surface area (Å²) in [5.41, 5.74) is 0. The van der Waals surface area contributed by atoms with E-state index in [1.165, 1.54) is 25.7 Å². The third-order valence-electron chi connectivity index (χ3n) is 2.20. The van der Waals surface area contributed by atoms with E-state index in [1.54, 1.807) is 0 Å². The van der Waals surface area contributed by atoms with Crippen LogP contribution in [0.25, 0.3) is 0 Å². The van der Waals surface area contributed by atoms with Gasteiger partial charge in [-0.15, -0.1) is 0 Å². The molecule has 0 amide bonds. The maximum absolute atomic E-state index is 12.1. The fourth-order valence-electron chi connectivity index (χ4n) is 1.30. The molecular formula is C12H21FO2. The Labute approximate surface area is 91.5 Å². The van der Waals surface area contributed by atoms with Crippen LogP contribution in [0.5, 0.6) is 0 Å². The standard InChI is InChI=1S/C12H21FO2/c1-3-4-5-6-7-8-9-10-15-12(14)11(2)13/h2-10H2,1H3. The highest BCUT2D eigenvalue weighted by molar-refractivity contribution is 5.85. The average molecular weight is 216 g/mol. The minimum atomic E-state index is -1.02. The van der Waals surface area contributed by atoms with Gasteiger partial charge in [-0.05, 0) is 6.42 Å². The van der Waals surface area contributed by atoms with Gasteiger partial charge in [-0.25, -0.2) is 4.79 Å². The van der Waals surface area contributed by atoms with Crippen LogP contribution in [0.15, 0.2) is 12.4 Å². The van der Waals surface area contributed by atoms with Crippen molar-refractivity contribution < 1.29 is 13.9 Å². The molecule has 0 unspecified atom stereocenters. The lowest BCUT2D eigenvalue weighted by Gasteiger charge is -2.02. The van der Waals surface area contributed by atoms with Crippen LogP contribution in [0.2, 0.25) is 0 Å². The predicted octanol–water partition coefficient (Wildman–Crippen LogP) is 3.76. The van der Waals surface area contributed by atoms with Crippen molar-refractivity contribution in [3.8, 4) is 0 Å². The molecule has 0 fully saturated rings. The van der Waals surface area contributed by atoms with E-state index in [4.69, 9.17) is 0 Å². The van der Waals surface area contributed by atoms with E-state index in [2.05, 4.69) is 18.2 Å². The van der Waals surface area contributed by atoms with E-state index < -0.39 is 11.8 Å². The molecule has 0 aromatic heterocycles. The number of hydrogen-bond acceptors (Lipinski definition) is 2. The largest absolute Gasteiger partial charge is 0.460 e. The molecule has 0 aliphatic heterocycles. The third kappa shape index (κ3) is 9.44. The maximum atomic E-state index is 12.1. The Morgan fingerprint density at radius 1 is 1.13 bits per heavy atom. The van der Waals surface area contributed by atoms with Gasteiger partial charge in [0.1, 0.15) is 0 Å². The van der Waals surface area contributed by atoms with Crippen molar-refractivity contribution in [1.82, 2.24) is 0 Å². The van der Waals surface area contributed by atoms with Gasteiger partial charge < -0.3 is 4.74 Å². The first-order chi connectivity index (χ1) is 7.18. The molecule has 3 heteroatoms. The van der Waals surface area contributed by atoms with Gasteiger partial charge in [0.25, 0.3) is 0 Å². The zero-order valence-electron chi connectivity index (χ0n) is 9.56. The number of esters is 1. The Hall–Kier alpha value is -0.860. The summed E-state index contributed by atoms with van der Waals surface area (Å²) >= 11 is 0. The minimum absolute atomic E-state index is 0.301. The Bertz CT molecular complexity index is 190. The van der Waals surface area contributed by atoms with Gasteiger partial charge in [-0.1, -0.05) is 52.0 Å². The number of ether oxygens (including phenoxy) is 1. The third-order valence-corrected chi connectivity index (χ3v) is 2.20. The second-order valence-corrected chi connectivity index (χ2v) is 3.66. The summed E-state index contributed by atoms with van der Waals surface area (Å²) in [5, 5.41) is 0. The number of carbonyl (C=O) groups excluding carboxylic acids is 1. The molecule has 0 atom stereocenters. The SMILES string of the molecule is C=C(F)C(=O)OCCCCCCCCC. The molecule has 0 aliphatic carbocycles. The lowest BCUT2D eigenvalue weighted by molar-refractivity contribution is -0.140. The lowest BCUT2D eigenvalue weighted by atomic mass is 10.1. The average Bonchev–Trinajstić information content (AvgIpc) is 2.21.